The zero-order valence-electron chi connectivity index (χ0n) is 10.7. The molecule has 2 aliphatic rings. The third kappa shape index (κ3) is 1.90. The largest absolute Gasteiger partial charge is 0.472 e. The second-order valence-corrected chi connectivity index (χ2v) is 5.67. The van der Waals surface area contributed by atoms with E-state index in [4.69, 9.17) is 4.42 Å². The fraction of sp³-hybridized carbons (Fsp3) is 0.600. The Hall–Kier alpha value is -1.18. The lowest BCUT2D eigenvalue weighted by Crippen LogP contribution is -2.40. The van der Waals surface area contributed by atoms with E-state index in [-0.39, 0.29) is 0 Å². The van der Waals surface area contributed by atoms with E-state index in [1.54, 1.807) is 12.0 Å². The van der Waals surface area contributed by atoms with Crippen molar-refractivity contribution < 1.29 is 4.42 Å². The molecule has 2 nitrogen and oxygen atoms in total. The van der Waals surface area contributed by atoms with Crippen LogP contribution < -0.4 is 0 Å². The molecule has 1 aromatic rings. The Morgan fingerprint density at radius 2 is 2.18 bits per heavy atom. The minimum absolute atomic E-state index is 0.541. The molecule has 1 saturated heterocycles. The number of hydrogen-bond acceptors (Lipinski definition) is 2. The molecule has 3 rings (SSSR count). The highest BCUT2D eigenvalue weighted by molar-refractivity contribution is 5.21. The van der Waals surface area contributed by atoms with Gasteiger partial charge in [0.1, 0.15) is 0 Å². The summed E-state index contributed by atoms with van der Waals surface area (Å²) in [6, 6.07) is 2.66. The number of furan rings is 1. The Morgan fingerprint density at radius 3 is 2.94 bits per heavy atom. The van der Waals surface area contributed by atoms with Crippen molar-refractivity contribution in [2.24, 2.45) is 11.8 Å². The molecule has 3 atom stereocenters. The third-order valence-corrected chi connectivity index (χ3v) is 4.25. The quantitative estimate of drug-likeness (QED) is 0.727. The molecular formula is C15H21NO. The van der Waals surface area contributed by atoms with Gasteiger partial charge < -0.3 is 9.32 Å². The lowest BCUT2D eigenvalue weighted by Gasteiger charge is -2.46. The number of fused-ring (bicyclic) bond motifs is 1. The normalized spacial score (nSPS) is 33.2. The first-order chi connectivity index (χ1) is 8.25. The molecule has 0 aromatic carbocycles. The van der Waals surface area contributed by atoms with Crippen LogP contribution in [0.25, 0.3) is 0 Å². The molecule has 0 N–H and O–H groups in total. The van der Waals surface area contributed by atoms with Gasteiger partial charge >= 0.3 is 0 Å². The summed E-state index contributed by atoms with van der Waals surface area (Å²) in [6.07, 6.45) is 9.97. The Bertz CT molecular complexity index is 407. The first-order valence-corrected chi connectivity index (χ1v) is 6.74. The molecule has 0 radical (unpaired) electrons. The number of piperidine rings is 1. The van der Waals surface area contributed by atoms with Gasteiger partial charge in [0.25, 0.3) is 0 Å². The lowest BCUT2D eigenvalue weighted by molar-refractivity contribution is 0.137. The van der Waals surface area contributed by atoms with Crippen molar-refractivity contribution in [1.29, 1.82) is 0 Å². The highest BCUT2D eigenvalue weighted by Crippen LogP contribution is 2.42. The molecule has 0 bridgehead atoms. The van der Waals surface area contributed by atoms with Crippen molar-refractivity contribution in [2.75, 3.05) is 6.54 Å². The molecule has 0 saturated carbocycles. The van der Waals surface area contributed by atoms with Gasteiger partial charge in [0.2, 0.25) is 0 Å². The Kier molecular flexibility index (Phi) is 2.73. The molecule has 0 unspecified atom stereocenters. The number of nitrogens with zero attached hydrogens (tertiary/aromatic N) is 1. The van der Waals surface area contributed by atoms with Crippen LogP contribution in [0.15, 0.2) is 34.8 Å². The van der Waals surface area contributed by atoms with E-state index in [2.05, 4.69) is 30.9 Å². The summed E-state index contributed by atoms with van der Waals surface area (Å²) in [4.78, 5) is 2.62. The van der Waals surface area contributed by atoms with Crippen LogP contribution in [0.4, 0.5) is 0 Å². The fourth-order valence-electron chi connectivity index (χ4n) is 3.27. The lowest BCUT2D eigenvalue weighted by atomic mass is 9.84. The number of rotatable bonds is 1. The van der Waals surface area contributed by atoms with E-state index in [0.717, 1.165) is 11.8 Å². The maximum Gasteiger partial charge on any atom is 0.0955 e. The van der Waals surface area contributed by atoms with Gasteiger partial charge in [-0.3, -0.25) is 0 Å². The molecule has 0 amide bonds. The number of hydrogen-bond donors (Lipinski definition) is 0. The predicted octanol–water partition coefficient (Wildman–Crippen LogP) is 3.98. The van der Waals surface area contributed by atoms with Crippen LogP contribution in [0.2, 0.25) is 0 Å². The highest BCUT2D eigenvalue weighted by Gasteiger charge is 2.33. The van der Waals surface area contributed by atoms with Crippen molar-refractivity contribution in [3.63, 3.8) is 0 Å². The zero-order chi connectivity index (χ0) is 11.8. The third-order valence-electron chi connectivity index (χ3n) is 4.25. The Morgan fingerprint density at radius 1 is 1.29 bits per heavy atom. The van der Waals surface area contributed by atoms with Crippen molar-refractivity contribution in [3.8, 4) is 0 Å². The van der Waals surface area contributed by atoms with Crippen LogP contribution in [0, 0.1) is 11.8 Å². The molecular weight excluding hydrogens is 210 g/mol. The van der Waals surface area contributed by atoms with Gasteiger partial charge in [-0.1, -0.05) is 19.9 Å². The smallest absolute Gasteiger partial charge is 0.0955 e. The summed E-state index contributed by atoms with van der Waals surface area (Å²) in [5.41, 5.74) is 2.91. The average molecular weight is 231 g/mol. The minimum Gasteiger partial charge on any atom is -0.472 e. The van der Waals surface area contributed by atoms with Crippen molar-refractivity contribution >= 4 is 0 Å². The van der Waals surface area contributed by atoms with Crippen LogP contribution in [0.1, 0.15) is 44.7 Å². The maximum absolute atomic E-state index is 5.25. The van der Waals surface area contributed by atoms with Crippen LogP contribution >= 0.6 is 0 Å². The van der Waals surface area contributed by atoms with E-state index in [1.165, 1.54) is 31.4 Å². The van der Waals surface area contributed by atoms with Crippen molar-refractivity contribution in [1.82, 2.24) is 4.90 Å². The number of allylic oxidation sites excluding steroid dienone is 2. The Labute approximate surface area is 103 Å². The van der Waals surface area contributed by atoms with Gasteiger partial charge in [0, 0.05) is 17.8 Å². The zero-order valence-corrected chi connectivity index (χ0v) is 10.7. The minimum atomic E-state index is 0.541. The summed E-state index contributed by atoms with van der Waals surface area (Å²) < 4.78 is 5.25. The molecule has 0 spiro atoms. The first kappa shape index (κ1) is 10.9. The summed E-state index contributed by atoms with van der Waals surface area (Å²) in [5, 5.41) is 0. The molecule has 0 aliphatic carbocycles. The van der Waals surface area contributed by atoms with Gasteiger partial charge in [0.15, 0.2) is 0 Å². The van der Waals surface area contributed by atoms with E-state index in [9.17, 15) is 0 Å². The van der Waals surface area contributed by atoms with Crippen LogP contribution in [-0.2, 0) is 0 Å². The molecule has 2 heteroatoms. The van der Waals surface area contributed by atoms with Gasteiger partial charge in [-0.25, -0.2) is 0 Å². The SMILES string of the molecule is C[C@H]1CC=C2[C@H](C)CC[C@@H](c3ccoc3)N2C1. The second-order valence-electron chi connectivity index (χ2n) is 5.67. The second kappa shape index (κ2) is 4.25. The maximum atomic E-state index is 5.25. The highest BCUT2D eigenvalue weighted by atomic mass is 16.3. The van der Waals surface area contributed by atoms with Gasteiger partial charge in [0.05, 0.1) is 18.6 Å². The average Bonchev–Trinajstić information content (AvgIpc) is 2.83. The molecule has 92 valence electrons. The summed E-state index contributed by atoms with van der Waals surface area (Å²) in [7, 11) is 0. The van der Waals surface area contributed by atoms with Gasteiger partial charge in [-0.15, -0.1) is 0 Å². The first-order valence-electron chi connectivity index (χ1n) is 6.74. The van der Waals surface area contributed by atoms with Gasteiger partial charge in [-0.2, -0.15) is 0 Å². The monoisotopic (exact) mass is 231 g/mol. The summed E-state index contributed by atoms with van der Waals surface area (Å²) in [6.45, 7) is 5.91. The van der Waals surface area contributed by atoms with Gasteiger partial charge in [-0.05, 0) is 37.2 Å². The summed E-state index contributed by atoms with van der Waals surface area (Å²) >= 11 is 0. The van der Waals surface area contributed by atoms with E-state index >= 15 is 0 Å². The fourth-order valence-corrected chi connectivity index (χ4v) is 3.27. The molecule has 1 aromatic heterocycles. The predicted molar refractivity (Wildman–Crippen MR) is 68.4 cm³/mol. The summed E-state index contributed by atoms with van der Waals surface area (Å²) in [5.74, 6) is 1.50. The van der Waals surface area contributed by atoms with E-state index < -0.39 is 0 Å². The molecule has 2 aliphatic heterocycles. The van der Waals surface area contributed by atoms with Crippen molar-refractivity contribution in [2.45, 2.75) is 39.2 Å². The van der Waals surface area contributed by atoms with E-state index in [0.29, 0.717) is 6.04 Å². The van der Waals surface area contributed by atoms with Crippen LogP contribution in [0.3, 0.4) is 0 Å². The Balaban J connectivity index is 1.91. The molecule has 3 heterocycles. The van der Waals surface area contributed by atoms with Crippen LogP contribution in [-0.4, -0.2) is 11.4 Å². The molecule has 17 heavy (non-hydrogen) atoms. The van der Waals surface area contributed by atoms with E-state index in [1.807, 2.05) is 6.26 Å². The standard InChI is InChI=1S/C15H21NO/c1-11-3-5-14-12(2)4-6-15(16(14)9-11)13-7-8-17-10-13/h5,7-8,10-12,15H,3-4,6,9H2,1-2H3/t11-,12+,15-/m0/s1. The molecule has 1 fully saturated rings. The van der Waals surface area contributed by atoms with Crippen LogP contribution in [0.5, 0.6) is 0 Å². The van der Waals surface area contributed by atoms with Crippen molar-refractivity contribution in [3.05, 3.63) is 35.9 Å². The topological polar surface area (TPSA) is 16.4 Å².